The lowest BCUT2D eigenvalue weighted by atomic mass is 10.1. The molecule has 0 saturated heterocycles. The van der Waals surface area contributed by atoms with E-state index in [1.54, 1.807) is 6.07 Å². The topological polar surface area (TPSA) is 88.7 Å². The third kappa shape index (κ3) is 3.80. The molecule has 18 heavy (non-hydrogen) atoms. The highest BCUT2D eigenvalue weighted by Crippen LogP contribution is 2.14. The fourth-order valence-corrected chi connectivity index (χ4v) is 1.31. The van der Waals surface area contributed by atoms with Crippen LogP contribution < -0.4 is 10.6 Å². The summed E-state index contributed by atoms with van der Waals surface area (Å²) < 4.78 is 0. The Morgan fingerprint density at radius 1 is 1.17 bits per heavy atom. The average molecular weight is 242 g/mol. The van der Waals surface area contributed by atoms with E-state index in [2.05, 4.69) is 10.6 Å². The molecule has 0 saturated carbocycles. The van der Waals surface area contributed by atoms with Crippen molar-refractivity contribution >= 4 is 11.7 Å². The number of hydrogen-bond acceptors (Lipinski definition) is 3. The Bertz CT molecular complexity index is 544. The SMILES string of the molecule is CC(C)(C)NC(=O)Nc1ccc(C#N)c(C#N)c1. The molecule has 1 rings (SSSR count). The number of rotatable bonds is 1. The van der Waals surface area contributed by atoms with Gasteiger partial charge in [-0.3, -0.25) is 0 Å². The van der Waals surface area contributed by atoms with Gasteiger partial charge in [-0.05, 0) is 39.0 Å². The van der Waals surface area contributed by atoms with Gasteiger partial charge in [-0.2, -0.15) is 10.5 Å². The summed E-state index contributed by atoms with van der Waals surface area (Å²) in [4.78, 5) is 11.6. The van der Waals surface area contributed by atoms with Crippen LogP contribution in [0.2, 0.25) is 0 Å². The first-order valence-corrected chi connectivity index (χ1v) is 5.39. The highest BCUT2D eigenvalue weighted by molar-refractivity contribution is 5.90. The Labute approximate surface area is 106 Å². The van der Waals surface area contributed by atoms with Crippen LogP contribution in [0.15, 0.2) is 18.2 Å². The predicted octanol–water partition coefficient (Wildman–Crippen LogP) is 2.35. The Hall–Kier alpha value is -2.53. The van der Waals surface area contributed by atoms with Crippen LogP contribution >= 0.6 is 0 Å². The normalized spacial score (nSPS) is 10.1. The van der Waals surface area contributed by atoms with E-state index in [1.165, 1.54) is 12.1 Å². The van der Waals surface area contributed by atoms with E-state index in [9.17, 15) is 4.79 Å². The monoisotopic (exact) mass is 242 g/mol. The molecule has 0 heterocycles. The van der Waals surface area contributed by atoms with Crippen LogP contribution in [0.4, 0.5) is 10.5 Å². The lowest BCUT2D eigenvalue weighted by Crippen LogP contribution is -2.43. The number of benzene rings is 1. The fraction of sp³-hybridized carbons (Fsp3) is 0.308. The number of carbonyl (C=O) groups is 1. The van der Waals surface area contributed by atoms with Crippen LogP contribution in [0.25, 0.3) is 0 Å². The maximum atomic E-state index is 11.6. The van der Waals surface area contributed by atoms with E-state index in [0.717, 1.165) is 0 Å². The molecule has 0 spiro atoms. The molecule has 1 aromatic carbocycles. The first-order chi connectivity index (χ1) is 8.35. The maximum absolute atomic E-state index is 11.6. The number of carbonyl (C=O) groups excluding carboxylic acids is 1. The summed E-state index contributed by atoms with van der Waals surface area (Å²) in [5, 5.41) is 23.0. The molecule has 2 amide bonds. The molecule has 0 aliphatic heterocycles. The van der Waals surface area contributed by atoms with Gasteiger partial charge in [0.2, 0.25) is 0 Å². The van der Waals surface area contributed by atoms with Crippen LogP contribution in [0.5, 0.6) is 0 Å². The van der Waals surface area contributed by atoms with Gasteiger partial charge in [-0.15, -0.1) is 0 Å². The maximum Gasteiger partial charge on any atom is 0.319 e. The minimum Gasteiger partial charge on any atom is -0.333 e. The molecule has 1 aromatic rings. The van der Waals surface area contributed by atoms with Crippen LogP contribution in [-0.4, -0.2) is 11.6 Å². The summed E-state index contributed by atoms with van der Waals surface area (Å²) in [7, 11) is 0. The van der Waals surface area contributed by atoms with E-state index < -0.39 is 0 Å². The standard InChI is InChI=1S/C13H14N4O/c1-13(2,3)17-12(18)16-11-5-4-9(7-14)10(6-11)8-15/h4-6H,1-3H3,(H2,16,17,18). The van der Waals surface area contributed by atoms with Gasteiger partial charge >= 0.3 is 6.03 Å². The second-order valence-electron chi connectivity index (χ2n) is 4.81. The molecule has 5 nitrogen and oxygen atoms in total. The van der Waals surface area contributed by atoms with Gasteiger partial charge in [-0.25, -0.2) is 4.79 Å². The number of anilines is 1. The highest BCUT2D eigenvalue weighted by atomic mass is 16.2. The molecule has 0 fully saturated rings. The van der Waals surface area contributed by atoms with Crippen molar-refractivity contribution in [3.8, 4) is 12.1 Å². The third-order valence-electron chi connectivity index (χ3n) is 2.01. The number of nitrogens with zero attached hydrogens (tertiary/aromatic N) is 2. The van der Waals surface area contributed by atoms with Crippen molar-refractivity contribution < 1.29 is 4.79 Å². The molecule has 2 N–H and O–H groups in total. The van der Waals surface area contributed by atoms with Crippen molar-refractivity contribution in [1.82, 2.24) is 5.32 Å². The van der Waals surface area contributed by atoms with E-state index in [-0.39, 0.29) is 17.1 Å². The van der Waals surface area contributed by atoms with Gasteiger partial charge in [0, 0.05) is 11.2 Å². The molecule has 0 aromatic heterocycles. The highest BCUT2D eigenvalue weighted by Gasteiger charge is 2.13. The molecule has 5 heteroatoms. The van der Waals surface area contributed by atoms with Gasteiger partial charge < -0.3 is 10.6 Å². The van der Waals surface area contributed by atoms with Gasteiger partial charge in [0.05, 0.1) is 11.1 Å². The summed E-state index contributed by atoms with van der Waals surface area (Å²) in [5.41, 5.74) is 0.673. The number of hydrogen-bond donors (Lipinski definition) is 2. The molecule has 92 valence electrons. The van der Waals surface area contributed by atoms with E-state index in [4.69, 9.17) is 10.5 Å². The second-order valence-corrected chi connectivity index (χ2v) is 4.81. The zero-order chi connectivity index (χ0) is 13.8. The van der Waals surface area contributed by atoms with Gasteiger partial charge in [0.25, 0.3) is 0 Å². The fourth-order valence-electron chi connectivity index (χ4n) is 1.31. The van der Waals surface area contributed by atoms with E-state index >= 15 is 0 Å². The molecule has 0 atom stereocenters. The lowest BCUT2D eigenvalue weighted by molar-refractivity contribution is 0.244. The van der Waals surface area contributed by atoms with Crippen molar-refractivity contribution in [2.75, 3.05) is 5.32 Å². The Kier molecular flexibility index (Phi) is 3.91. The van der Waals surface area contributed by atoms with Crippen molar-refractivity contribution in [2.24, 2.45) is 0 Å². The molecular formula is C13H14N4O. The average Bonchev–Trinajstić information content (AvgIpc) is 2.26. The second kappa shape index (κ2) is 5.20. The molecular weight excluding hydrogens is 228 g/mol. The van der Waals surface area contributed by atoms with Crippen molar-refractivity contribution in [3.05, 3.63) is 29.3 Å². The Morgan fingerprint density at radius 2 is 1.78 bits per heavy atom. The lowest BCUT2D eigenvalue weighted by Gasteiger charge is -2.20. The zero-order valence-corrected chi connectivity index (χ0v) is 10.5. The Morgan fingerprint density at radius 3 is 2.28 bits per heavy atom. The summed E-state index contributed by atoms with van der Waals surface area (Å²) in [6.07, 6.45) is 0. The van der Waals surface area contributed by atoms with Crippen molar-refractivity contribution in [1.29, 1.82) is 10.5 Å². The molecule has 0 aliphatic carbocycles. The van der Waals surface area contributed by atoms with E-state index in [0.29, 0.717) is 11.3 Å². The van der Waals surface area contributed by atoms with Crippen LogP contribution in [0, 0.1) is 22.7 Å². The predicted molar refractivity (Wildman–Crippen MR) is 67.8 cm³/mol. The van der Waals surface area contributed by atoms with Crippen LogP contribution in [0.1, 0.15) is 31.9 Å². The van der Waals surface area contributed by atoms with Gasteiger partial charge in [0.1, 0.15) is 12.1 Å². The first kappa shape index (κ1) is 13.5. The summed E-state index contributed by atoms with van der Waals surface area (Å²) in [5.74, 6) is 0. The van der Waals surface area contributed by atoms with Crippen molar-refractivity contribution in [2.45, 2.75) is 26.3 Å². The third-order valence-corrected chi connectivity index (χ3v) is 2.01. The minimum atomic E-state index is -0.351. The quantitative estimate of drug-likeness (QED) is 0.792. The smallest absolute Gasteiger partial charge is 0.319 e. The molecule has 0 unspecified atom stereocenters. The minimum absolute atomic E-state index is 0.242. The van der Waals surface area contributed by atoms with Crippen LogP contribution in [-0.2, 0) is 0 Å². The zero-order valence-electron chi connectivity index (χ0n) is 10.5. The number of amides is 2. The summed E-state index contributed by atoms with van der Waals surface area (Å²) in [6, 6.07) is 8.04. The number of nitrogens with one attached hydrogen (secondary N) is 2. The van der Waals surface area contributed by atoms with Crippen LogP contribution in [0.3, 0.4) is 0 Å². The first-order valence-electron chi connectivity index (χ1n) is 5.39. The molecule has 0 aliphatic rings. The van der Waals surface area contributed by atoms with Crippen molar-refractivity contribution in [3.63, 3.8) is 0 Å². The Balaban J connectivity index is 2.85. The van der Waals surface area contributed by atoms with Gasteiger partial charge in [0.15, 0.2) is 0 Å². The number of urea groups is 1. The van der Waals surface area contributed by atoms with E-state index in [1.807, 2.05) is 32.9 Å². The summed E-state index contributed by atoms with van der Waals surface area (Å²) in [6.45, 7) is 5.60. The largest absolute Gasteiger partial charge is 0.333 e. The number of nitriles is 2. The van der Waals surface area contributed by atoms with Gasteiger partial charge in [-0.1, -0.05) is 0 Å². The molecule has 0 radical (unpaired) electrons. The molecule has 0 bridgehead atoms. The summed E-state index contributed by atoms with van der Waals surface area (Å²) >= 11 is 0.